The van der Waals surface area contributed by atoms with Crippen molar-refractivity contribution in [3.8, 4) is 11.3 Å². The number of rotatable bonds is 4. The number of likely N-dealkylation sites (tertiary alicyclic amines) is 1. The Morgan fingerprint density at radius 2 is 1.97 bits per heavy atom. The van der Waals surface area contributed by atoms with Crippen LogP contribution >= 0.6 is 0 Å². The lowest BCUT2D eigenvalue weighted by atomic mass is 9.87. The van der Waals surface area contributed by atoms with Gasteiger partial charge < -0.3 is 14.4 Å². The van der Waals surface area contributed by atoms with Crippen molar-refractivity contribution >= 4 is 16.8 Å². The molecule has 0 atom stereocenters. The van der Waals surface area contributed by atoms with Gasteiger partial charge in [0.25, 0.3) is 5.91 Å². The minimum Gasteiger partial charge on any atom is -0.364 e. The molecule has 1 amide bonds. The normalized spacial score (nSPS) is 15.1. The van der Waals surface area contributed by atoms with Crippen LogP contribution in [0.15, 0.2) is 53.4 Å². The molecule has 3 aromatic heterocycles. The molecule has 6 nitrogen and oxygen atoms in total. The number of nitrogens with zero attached hydrogens (tertiary/aromatic N) is 3. The van der Waals surface area contributed by atoms with Crippen LogP contribution in [-0.2, 0) is 0 Å². The molecular weight excluding hydrogens is 400 g/mol. The second-order valence-corrected chi connectivity index (χ2v) is 9.01. The largest absolute Gasteiger partial charge is 0.364 e. The number of benzene rings is 1. The summed E-state index contributed by atoms with van der Waals surface area (Å²) < 4.78 is 4.82. The summed E-state index contributed by atoms with van der Waals surface area (Å²) in [5.74, 6) is 0.796. The van der Waals surface area contributed by atoms with Gasteiger partial charge in [-0.3, -0.25) is 9.78 Å². The SMILES string of the molecule is Cc1cc(-c2[nH]c3ccc(C4CCN(C(=O)c5ccon5)CC4)cc3c2C(C)C)ccn1. The van der Waals surface area contributed by atoms with Gasteiger partial charge in [-0.2, -0.15) is 0 Å². The van der Waals surface area contributed by atoms with Crippen LogP contribution in [0.3, 0.4) is 0 Å². The average Bonchev–Trinajstić information content (AvgIpc) is 3.46. The molecule has 4 heterocycles. The second kappa shape index (κ2) is 8.26. The van der Waals surface area contributed by atoms with E-state index in [0.29, 0.717) is 17.5 Å². The summed E-state index contributed by atoms with van der Waals surface area (Å²) in [6.07, 6.45) is 5.22. The smallest absolute Gasteiger partial charge is 0.276 e. The molecule has 0 aliphatic carbocycles. The van der Waals surface area contributed by atoms with Crippen molar-refractivity contribution in [2.75, 3.05) is 13.1 Å². The molecule has 1 aliphatic rings. The summed E-state index contributed by atoms with van der Waals surface area (Å²) in [6, 6.07) is 12.7. The third-order valence-corrected chi connectivity index (χ3v) is 6.54. The molecule has 32 heavy (non-hydrogen) atoms. The Kier molecular flexibility index (Phi) is 5.29. The first-order valence-electron chi connectivity index (χ1n) is 11.3. The predicted octanol–water partition coefficient (Wildman–Crippen LogP) is 5.67. The molecule has 5 rings (SSSR count). The quantitative estimate of drug-likeness (QED) is 0.454. The van der Waals surface area contributed by atoms with Crippen molar-refractivity contribution in [2.24, 2.45) is 0 Å². The van der Waals surface area contributed by atoms with Crippen LogP contribution in [-0.4, -0.2) is 39.0 Å². The first-order chi connectivity index (χ1) is 15.5. The molecule has 1 aliphatic heterocycles. The maximum Gasteiger partial charge on any atom is 0.276 e. The fraction of sp³-hybridized carbons (Fsp3) is 0.346. The van der Waals surface area contributed by atoms with Gasteiger partial charge in [-0.05, 0) is 67.0 Å². The molecule has 0 unspecified atom stereocenters. The zero-order valence-electron chi connectivity index (χ0n) is 18.8. The lowest BCUT2D eigenvalue weighted by molar-refractivity contribution is 0.0702. The molecule has 0 bridgehead atoms. The number of fused-ring (bicyclic) bond motifs is 1. The third kappa shape index (κ3) is 3.70. The highest BCUT2D eigenvalue weighted by Crippen LogP contribution is 2.38. The Balaban J connectivity index is 1.42. The summed E-state index contributed by atoms with van der Waals surface area (Å²) in [4.78, 5) is 22.4. The second-order valence-electron chi connectivity index (χ2n) is 9.01. The maximum atomic E-state index is 12.6. The standard InChI is InChI=1S/C26H28N4O2/c1-16(2)24-21-15-19(4-5-22(21)28-25(24)20-6-10-27-17(3)14-20)18-7-11-30(12-8-18)26(31)23-9-13-32-29-23/h4-6,9-10,13-16,18,28H,7-8,11-12H2,1-3H3. The maximum absolute atomic E-state index is 12.6. The van der Waals surface area contributed by atoms with Crippen LogP contribution in [0, 0.1) is 6.92 Å². The number of H-pyrrole nitrogens is 1. The molecule has 1 N–H and O–H groups in total. The molecule has 1 saturated heterocycles. The van der Waals surface area contributed by atoms with E-state index in [9.17, 15) is 4.79 Å². The number of carbonyl (C=O) groups is 1. The van der Waals surface area contributed by atoms with E-state index < -0.39 is 0 Å². The molecule has 0 spiro atoms. The molecule has 0 radical (unpaired) electrons. The van der Waals surface area contributed by atoms with E-state index >= 15 is 0 Å². The van der Waals surface area contributed by atoms with Gasteiger partial charge in [0.2, 0.25) is 0 Å². The first-order valence-corrected chi connectivity index (χ1v) is 11.3. The van der Waals surface area contributed by atoms with Gasteiger partial charge in [-0.25, -0.2) is 0 Å². The van der Waals surface area contributed by atoms with E-state index in [1.807, 2.05) is 18.0 Å². The number of pyridine rings is 1. The minimum absolute atomic E-state index is 0.0438. The Hall–Kier alpha value is -3.41. The van der Waals surface area contributed by atoms with Crippen LogP contribution in [0.4, 0.5) is 0 Å². The van der Waals surface area contributed by atoms with Gasteiger partial charge >= 0.3 is 0 Å². The Labute approximate surface area is 187 Å². The molecule has 4 aromatic rings. The monoisotopic (exact) mass is 428 g/mol. The molecule has 1 fully saturated rings. The zero-order chi connectivity index (χ0) is 22.2. The summed E-state index contributed by atoms with van der Waals surface area (Å²) in [6.45, 7) is 8.00. The third-order valence-electron chi connectivity index (χ3n) is 6.54. The Bertz CT molecular complexity index is 1250. The van der Waals surface area contributed by atoms with E-state index in [4.69, 9.17) is 4.52 Å². The van der Waals surface area contributed by atoms with Crippen LogP contribution in [0.25, 0.3) is 22.2 Å². The lowest BCUT2D eigenvalue weighted by Gasteiger charge is -2.31. The average molecular weight is 429 g/mol. The van der Waals surface area contributed by atoms with E-state index in [1.54, 1.807) is 6.07 Å². The van der Waals surface area contributed by atoms with Crippen LogP contribution in [0.5, 0.6) is 0 Å². The fourth-order valence-electron chi connectivity index (χ4n) is 4.91. The summed E-state index contributed by atoms with van der Waals surface area (Å²) in [7, 11) is 0. The van der Waals surface area contributed by atoms with Crippen molar-refractivity contribution in [1.82, 2.24) is 20.0 Å². The molecule has 1 aromatic carbocycles. The number of aromatic amines is 1. The number of hydrogen-bond donors (Lipinski definition) is 1. The van der Waals surface area contributed by atoms with Crippen molar-refractivity contribution in [2.45, 2.75) is 45.4 Å². The van der Waals surface area contributed by atoms with Gasteiger partial charge in [0.15, 0.2) is 5.69 Å². The zero-order valence-corrected chi connectivity index (χ0v) is 18.8. The van der Waals surface area contributed by atoms with Gasteiger partial charge in [0.1, 0.15) is 6.26 Å². The highest BCUT2D eigenvalue weighted by Gasteiger charge is 2.26. The predicted molar refractivity (Wildman–Crippen MR) is 125 cm³/mol. The van der Waals surface area contributed by atoms with Crippen LogP contribution < -0.4 is 0 Å². The Morgan fingerprint density at radius 3 is 2.66 bits per heavy atom. The lowest BCUT2D eigenvalue weighted by Crippen LogP contribution is -2.38. The number of amides is 1. The topological polar surface area (TPSA) is 75.0 Å². The molecule has 164 valence electrons. The van der Waals surface area contributed by atoms with Gasteiger partial charge in [0.05, 0.1) is 5.69 Å². The summed E-state index contributed by atoms with van der Waals surface area (Å²) >= 11 is 0. The van der Waals surface area contributed by atoms with E-state index in [-0.39, 0.29) is 5.91 Å². The van der Waals surface area contributed by atoms with Crippen molar-refractivity contribution in [3.63, 3.8) is 0 Å². The molecule has 0 saturated carbocycles. The van der Waals surface area contributed by atoms with Crippen LogP contribution in [0.2, 0.25) is 0 Å². The highest BCUT2D eigenvalue weighted by atomic mass is 16.5. The number of carbonyl (C=O) groups excluding carboxylic acids is 1. The Morgan fingerprint density at radius 1 is 1.16 bits per heavy atom. The number of nitrogens with one attached hydrogen (secondary N) is 1. The number of aryl methyl sites for hydroxylation is 1. The van der Waals surface area contributed by atoms with Crippen LogP contribution in [0.1, 0.15) is 65.8 Å². The van der Waals surface area contributed by atoms with Gasteiger partial charge in [0, 0.05) is 47.5 Å². The van der Waals surface area contributed by atoms with Gasteiger partial charge in [-0.15, -0.1) is 0 Å². The number of hydrogen-bond acceptors (Lipinski definition) is 4. The van der Waals surface area contributed by atoms with Crippen molar-refractivity contribution < 1.29 is 9.32 Å². The fourth-order valence-corrected chi connectivity index (χ4v) is 4.91. The number of aromatic nitrogens is 3. The number of piperidine rings is 1. The highest BCUT2D eigenvalue weighted by molar-refractivity contribution is 5.93. The van der Waals surface area contributed by atoms with Crippen molar-refractivity contribution in [3.05, 3.63) is 71.4 Å². The van der Waals surface area contributed by atoms with E-state index in [2.05, 4.69) is 59.3 Å². The summed E-state index contributed by atoms with van der Waals surface area (Å²) in [5.41, 5.74) is 7.64. The van der Waals surface area contributed by atoms with E-state index in [1.165, 1.54) is 39.6 Å². The first kappa shape index (κ1) is 20.5. The van der Waals surface area contributed by atoms with Gasteiger partial charge in [-0.1, -0.05) is 25.1 Å². The van der Waals surface area contributed by atoms with Crippen molar-refractivity contribution in [1.29, 1.82) is 0 Å². The van der Waals surface area contributed by atoms with E-state index in [0.717, 1.165) is 31.6 Å². The summed E-state index contributed by atoms with van der Waals surface area (Å²) in [5, 5.41) is 5.08. The molecule has 6 heteroatoms. The molecular formula is C26H28N4O2. The minimum atomic E-state index is -0.0438.